The van der Waals surface area contributed by atoms with Gasteiger partial charge in [0.2, 0.25) is 0 Å². The second-order valence-corrected chi connectivity index (χ2v) is 6.98. The number of fused-ring (bicyclic) bond motifs is 2. The lowest BCUT2D eigenvalue weighted by atomic mass is 9.58. The first-order chi connectivity index (χ1) is 8.63. The van der Waals surface area contributed by atoms with Crippen molar-refractivity contribution in [2.75, 3.05) is 13.2 Å². The molecule has 3 aliphatic rings. The summed E-state index contributed by atoms with van der Waals surface area (Å²) in [5.74, 6) is 2.38. The molecule has 1 aliphatic heterocycles. The zero-order valence-electron chi connectivity index (χ0n) is 12.2. The SMILES string of the molecule is CCCC1C(C)CCC2(C)C1CCC21OCCO1. The van der Waals surface area contributed by atoms with Crippen LogP contribution in [0.25, 0.3) is 0 Å². The molecule has 4 atom stereocenters. The Morgan fingerprint density at radius 2 is 1.83 bits per heavy atom. The fourth-order valence-electron chi connectivity index (χ4n) is 5.18. The van der Waals surface area contributed by atoms with Crippen LogP contribution in [0.3, 0.4) is 0 Å². The van der Waals surface area contributed by atoms with Crippen molar-refractivity contribution in [3.8, 4) is 0 Å². The predicted molar refractivity (Wildman–Crippen MR) is 72.3 cm³/mol. The molecule has 0 radical (unpaired) electrons. The molecule has 4 unspecified atom stereocenters. The number of hydrogen-bond donors (Lipinski definition) is 0. The van der Waals surface area contributed by atoms with Gasteiger partial charge in [-0.15, -0.1) is 0 Å². The third kappa shape index (κ3) is 1.61. The molecular formula is C16H28O2. The molecular weight excluding hydrogens is 224 g/mol. The van der Waals surface area contributed by atoms with Gasteiger partial charge in [-0.2, -0.15) is 0 Å². The number of rotatable bonds is 2. The summed E-state index contributed by atoms with van der Waals surface area (Å²) in [6.07, 6.45) is 7.78. The van der Waals surface area contributed by atoms with Gasteiger partial charge in [-0.25, -0.2) is 0 Å². The summed E-state index contributed by atoms with van der Waals surface area (Å²) in [7, 11) is 0. The zero-order chi connectivity index (χ0) is 12.8. The molecule has 0 N–H and O–H groups in total. The topological polar surface area (TPSA) is 18.5 Å². The van der Waals surface area contributed by atoms with Crippen LogP contribution in [0.5, 0.6) is 0 Å². The molecule has 2 aliphatic carbocycles. The Hall–Kier alpha value is -0.0800. The van der Waals surface area contributed by atoms with E-state index in [4.69, 9.17) is 9.47 Å². The van der Waals surface area contributed by atoms with Crippen LogP contribution in [0.1, 0.15) is 59.3 Å². The van der Waals surface area contributed by atoms with Gasteiger partial charge in [0.25, 0.3) is 0 Å². The molecule has 1 saturated heterocycles. The third-order valence-corrected chi connectivity index (χ3v) is 6.22. The highest BCUT2D eigenvalue weighted by Crippen LogP contribution is 2.63. The fraction of sp³-hybridized carbons (Fsp3) is 1.00. The van der Waals surface area contributed by atoms with Crippen molar-refractivity contribution in [3.63, 3.8) is 0 Å². The molecule has 1 heterocycles. The van der Waals surface area contributed by atoms with E-state index in [1.165, 1.54) is 32.1 Å². The van der Waals surface area contributed by atoms with Gasteiger partial charge in [-0.05, 0) is 37.0 Å². The minimum atomic E-state index is -0.218. The van der Waals surface area contributed by atoms with Crippen molar-refractivity contribution in [1.82, 2.24) is 0 Å². The van der Waals surface area contributed by atoms with Crippen molar-refractivity contribution in [2.24, 2.45) is 23.2 Å². The van der Waals surface area contributed by atoms with E-state index in [1.807, 2.05) is 0 Å². The van der Waals surface area contributed by atoms with E-state index in [-0.39, 0.29) is 11.2 Å². The Morgan fingerprint density at radius 1 is 1.11 bits per heavy atom. The summed E-state index contributed by atoms with van der Waals surface area (Å²) in [6.45, 7) is 8.84. The maximum atomic E-state index is 6.11. The maximum absolute atomic E-state index is 6.11. The van der Waals surface area contributed by atoms with Crippen LogP contribution in [0, 0.1) is 23.2 Å². The second kappa shape index (κ2) is 4.49. The van der Waals surface area contributed by atoms with E-state index in [9.17, 15) is 0 Å². The van der Waals surface area contributed by atoms with Gasteiger partial charge < -0.3 is 9.47 Å². The summed E-state index contributed by atoms with van der Waals surface area (Å²) in [4.78, 5) is 0. The minimum absolute atomic E-state index is 0.218. The van der Waals surface area contributed by atoms with Crippen molar-refractivity contribution >= 4 is 0 Å². The van der Waals surface area contributed by atoms with Crippen LogP contribution in [-0.4, -0.2) is 19.0 Å². The van der Waals surface area contributed by atoms with Gasteiger partial charge >= 0.3 is 0 Å². The second-order valence-electron chi connectivity index (χ2n) is 6.98. The molecule has 0 amide bonds. The highest BCUT2D eigenvalue weighted by atomic mass is 16.7. The van der Waals surface area contributed by atoms with Gasteiger partial charge in [0.15, 0.2) is 5.79 Å². The molecule has 18 heavy (non-hydrogen) atoms. The highest BCUT2D eigenvalue weighted by Gasteiger charge is 2.63. The Labute approximate surface area is 111 Å². The zero-order valence-corrected chi connectivity index (χ0v) is 12.2. The molecule has 3 fully saturated rings. The maximum Gasteiger partial charge on any atom is 0.174 e. The normalized spacial score (nSPS) is 46.5. The summed E-state index contributed by atoms with van der Waals surface area (Å²) < 4.78 is 12.2. The van der Waals surface area contributed by atoms with Crippen molar-refractivity contribution in [2.45, 2.75) is 65.1 Å². The Bertz CT molecular complexity index is 308. The highest BCUT2D eigenvalue weighted by molar-refractivity contribution is 5.07. The summed E-state index contributed by atoms with van der Waals surface area (Å²) in [6, 6.07) is 0. The summed E-state index contributed by atoms with van der Waals surface area (Å²) >= 11 is 0. The van der Waals surface area contributed by atoms with Gasteiger partial charge in [0, 0.05) is 11.8 Å². The standard InChI is InChI=1S/C16H28O2/c1-4-5-13-12(2)6-8-15(3)14(13)7-9-16(15)17-10-11-18-16/h12-14H,4-11H2,1-3H3. The molecule has 0 aromatic heterocycles. The monoisotopic (exact) mass is 252 g/mol. The lowest BCUT2D eigenvalue weighted by molar-refractivity contribution is -0.238. The van der Waals surface area contributed by atoms with E-state index >= 15 is 0 Å². The first kappa shape index (κ1) is 12.9. The lowest BCUT2D eigenvalue weighted by Gasteiger charge is -2.50. The van der Waals surface area contributed by atoms with Crippen molar-refractivity contribution < 1.29 is 9.47 Å². The van der Waals surface area contributed by atoms with E-state index < -0.39 is 0 Å². The first-order valence-electron chi connectivity index (χ1n) is 7.91. The van der Waals surface area contributed by atoms with Crippen LogP contribution >= 0.6 is 0 Å². The van der Waals surface area contributed by atoms with E-state index in [0.29, 0.717) is 0 Å². The average Bonchev–Trinajstić information content (AvgIpc) is 2.93. The quantitative estimate of drug-likeness (QED) is 0.739. The van der Waals surface area contributed by atoms with Gasteiger partial charge in [-0.1, -0.05) is 33.6 Å². The Balaban J connectivity index is 1.88. The molecule has 0 aromatic rings. The van der Waals surface area contributed by atoms with E-state index in [2.05, 4.69) is 20.8 Å². The minimum Gasteiger partial charge on any atom is -0.347 e. The van der Waals surface area contributed by atoms with Crippen LogP contribution in [-0.2, 0) is 9.47 Å². The molecule has 2 heteroatoms. The number of ether oxygens (including phenoxy) is 2. The van der Waals surface area contributed by atoms with Gasteiger partial charge in [0.05, 0.1) is 13.2 Å². The fourth-order valence-corrected chi connectivity index (χ4v) is 5.18. The molecule has 2 nitrogen and oxygen atoms in total. The molecule has 0 bridgehead atoms. The first-order valence-corrected chi connectivity index (χ1v) is 7.91. The van der Waals surface area contributed by atoms with Gasteiger partial charge in [0.1, 0.15) is 0 Å². The van der Waals surface area contributed by atoms with Crippen LogP contribution in [0.4, 0.5) is 0 Å². The third-order valence-electron chi connectivity index (χ3n) is 6.22. The summed E-state index contributed by atoms with van der Waals surface area (Å²) in [5, 5.41) is 0. The van der Waals surface area contributed by atoms with Crippen molar-refractivity contribution in [1.29, 1.82) is 0 Å². The largest absolute Gasteiger partial charge is 0.347 e. The molecule has 3 rings (SSSR count). The van der Waals surface area contributed by atoms with Gasteiger partial charge in [-0.3, -0.25) is 0 Å². The lowest BCUT2D eigenvalue weighted by Crippen LogP contribution is -2.50. The van der Waals surface area contributed by atoms with Crippen LogP contribution in [0.2, 0.25) is 0 Å². The Morgan fingerprint density at radius 3 is 2.50 bits per heavy atom. The molecule has 104 valence electrons. The van der Waals surface area contributed by atoms with E-state index in [0.717, 1.165) is 37.4 Å². The smallest absolute Gasteiger partial charge is 0.174 e. The summed E-state index contributed by atoms with van der Waals surface area (Å²) in [5.41, 5.74) is 0.274. The van der Waals surface area contributed by atoms with Crippen LogP contribution < -0.4 is 0 Å². The van der Waals surface area contributed by atoms with Crippen LogP contribution in [0.15, 0.2) is 0 Å². The predicted octanol–water partition coefficient (Wildman–Crippen LogP) is 3.99. The van der Waals surface area contributed by atoms with E-state index in [1.54, 1.807) is 0 Å². The average molecular weight is 252 g/mol. The molecule has 1 spiro atoms. The molecule has 2 saturated carbocycles. The Kier molecular flexibility index (Phi) is 3.22. The number of hydrogen-bond acceptors (Lipinski definition) is 2. The van der Waals surface area contributed by atoms with Crippen molar-refractivity contribution in [3.05, 3.63) is 0 Å². The molecule has 0 aromatic carbocycles.